The second-order valence-electron chi connectivity index (χ2n) is 10.5. The quantitative estimate of drug-likeness (QED) is 0.116. The molecule has 0 bridgehead atoms. The van der Waals surface area contributed by atoms with Crippen LogP contribution in [0.3, 0.4) is 0 Å². The molecule has 1 spiro atoms. The van der Waals surface area contributed by atoms with Crippen molar-refractivity contribution in [1.82, 2.24) is 5.32 Å². The zero-order chi connectivity index (χ0) is 30.2. The van der Waals surface area contributed by atoms with Gasteiger partial charge in [0.15, 0.2) is 12.4 Å². The van der Waals surface area contributed by atoms with Crippen LogP contribution in [0.2, 0.25) is 0 Å². The SMILES string of the molecule is CC(=O)NC1C([C@@H](O)[C@@H](O)CO)O[C@]2(C[C@@H]1O)O[C@H]1[C@@H](O)[C@@H](CO)O[C@@H](O[C@H]3[C@H](O)[C@@H](O)CO[C@@H]3CO)[C@@H]1OC2=O. The van der Waals surface area contributed by atoms with Gasteiger partial charge in [0.2, 0.25) is 5.91 Å². The number of nitrogens with one attached hydrogen (secondary N) is 1. The standard InChI is InChI=1S/C23H37NO17/c1-7(28)24-13-8(29)2-23(40-18(13)14(32)9(30)3-25)22(35)39-20-19(41-23)16(34)11(4-26)37-21(20)38-17-12(5-27)36-6-10(31)15(17)33/h8-21,25-27,29-34H,2-6H2,1H3,(H,24,28)/t8-,9-,10-,11+,12+,13?,14-,15+,16-,17+,18?,19-,20+,21-,23+/m0/s1. The zero-order valence-electron chi connectivity index (χ0n) is 21.9. The van der Waals surface area contributed by atoms with Gasteiger partial charge in [0.25, 0.3) is 5.79 Å². The zero-order valence-corrected chi connectivity index (χ0v) is 21.9. The van der Waals surface area contributed by atoms with E-state index in [0.29, 0.717) is 0 Å². The first-order valence-corrected chi connectivity index (χ1v) is 13.0. The maximum absolute atomic E-state index is 13.4. The molecule has 18 nitrogen and oxygen atoms in total. The van der Waals surface area contributed by atoms with E-state index in [1.807, 2.05) is 0 Å². The lowest BCUT2D eigenvalue weighted by molar-refractivity contribution is -0.404. The third kappa shape index (κ3) is 6.22. The lowest BCUT2D eigenvalue weighted by Crippen LogP contribution is -2.74. The summed E-state index contributed by atoms with van der Waals surface area (Å²) < 4.78 is 33.7. The molecule has 2 unspecified atom stereocenters. The molecule has 0 aromatic heterocycles. The summed E-state index contributed by atoms with van der Waals surface area (Å²) in [5.74, 6) is -4.46. The number of aliphatic hydroxyl groups excluding tert-OH is 9. The van der Waals surface area contributed by atoms with E-state index in [0.717, 1.165) is 6.92 Å². The van der Waals surface area contributed by atoms with Crippen LogP contribution in [-0.2, 0) is 38.0 Å². The molecule has 4 aliphatic heterocycles. The third-order valence-corrected chi connectivity index (χ3v) is 7.59. The molecule has 4 rings (SSSR count). The Morgan fingerprint density at radius 2 is 1.71 bits per heavy atom. The van der Waals surface area contributed by atoms with Gasteiger partial charge in [-0.05, 0) is 0 Å². The van der Waals surface area contributed by atoms with Crippen LogP contribution in [-0.4, -0.2) is 176 Å². The first-order chi connectivity index (χ1) is 19.4. The van der Waals surface area contributed by atoms with Crippen molar-refractivity contribution in [2.24, 2.45) is 0 Å². The average molecular weight is 600 g/mol. The predicted molar refractivity (Wildman–Crippen MR) is 125 cm³/mol. The molecule has 18 heteroatoms. The molecule has 0 saturated carbocycles. The van der Waals surface area contributed by atoms with Crippen LogP contribution in [0.25, 0.3) is 0 Å². The number of amides is 1. The van der Waals surface area contributed by atoms with E-state index in [1.165, 1.54) is 0 Å². The summed E-state index contributed by atoms with van der Waals surface area (Å²) in [6, 6.07) is -1.38. The van der Waals surface area contributed by atoms with Crippen molar-refractivity contribution in [3.05, 3.63) is 0 Å². The van der Waals surface area contributed by atoms with E-state index in [4.69, 9.17) is 28.4 Å². The Morgan fingerprint density at radius 3 is 2.32 bits per heavy atom. The van der Waals surface area contributed by atoms with Crippen LogP contribution in [0.5, 0.6) is 0 Å². The topological polar surface area (TPSA) is 284 Å². The van der Waals surface area contributed by atoms with Crippen molar-refractivity contribution in [1.29, 1.82) is 0 Å². The molecule has 15 atom stereocenters. The molecule has 0 radical (unpaired) electrons. The van der Waals surface area contributed by atoms with Crippen molar-refractivity contribution in [3.8, 4) is 0 Å². The van der Waals surface area contributed by atoms with Gasteiger partial charge in [-0.1, -0.05) is 0 Å². The van der Waals surface area contributed by atoms with E-state index in [9.17, 15) is 55.5 Å². The monoisotopic (exact) mass is 599 g/mol. The fourth-order valence-electron chi connectivity index (χ4n) is 5.42. The summed E-state index contributed by atoms with van der Waals surface area (Å²) in [6.07, 6.45) is -21.3. The molecule has 4 aliphatic rings. The molecule has 0 aromatic rings. The van der Waals surface area contributed by atoms with Crippen LogP contribution in [0.1, 0.15) is 13.3 Å². The summed E-state index contributed by atoms with van der Waals surface area (Å²) in [7, 11) is 0. The highest BCUT2D eigenvalue weighted by Crippen LogP contribution is 2.42. The fraction of sp³-hybridized carbons (Fsp3) is 0.913. The van der Waals surface area contributed by atoms with Gasteiger partial charge in [0.1, 0.15) is 61.0 Å². The predicted octanol–water partition coefficient (Wildman–Crippen LogP) is -7.06. The summed E-state index contributed by atoms with van der Waals surface area (Å²) in [5, 5.41) is 94.1. The molecule has 236 valence electrons. The summed E-state index contributed by atoms with van der Waals surface area (Å²) in [6.45, 7) is -1.56. The highest BCUT2D eigenvalue weighted by molar-refractivity contribution is 5.79. The van der Waals surface area contributed by atoms with Crippen LogP contribution in [0.4, 0.5) is 0 Å². The summed E-state index contributed by atoms with van der Waals surface area (Å²) >= 11 is 0. The first-order valence-electron chi connectivity index (χ1n) is 13.0. The van der Waals surface area contributed by atoms with E-state index in [1.54, 1.807) is 0 Å². The van der Waals surface area contributed by atoms with Crippen LogP contribution in [0.15, 0.2) is 0 Å². The second kappa shape index (κ2) is 12.9. The maximum atomic E-state index is 13.4. The van der Waals surface area contributed by atoms with E-state index >= 15 is 0 Å². The number of fused-ring (bicyclic) bond motifs is 1. The second-order valence-corrected chi connectivity index (χ2v) is 10.5. The van der Waals surface area contributed by atoms with Gasteiger partial charge >= 0.3 is 5.97 Å². The van der Waals surface area contributed by atoms with Gasteiger partial charge in [-0.25, -0.2) is 4.79 Å². The normalized spacial score (nSPS) is 46.3. The van der Waals surface area contributed by atoms with Crippen LogP contribution >= 0.6 is 0 Å². The Bertz CT molecular complexity index is 925. The number of esters is 1. The Balaban J connectivity index is 1.63. The van der Waals surface area contributed by atoms with E-state index in [2.05, 4.69) is 5.32 Å². The lowest BCUT2D eigenvalue weighted by Gasteiger charge is -2.54. The molecular weight excluding hydrogens is 562 g/mol. The van der Waals surface area contributed by atoms with Crippen molar-refractivity contribution in [2.75, 3.05) is 26.4 Å². The minimum Gasteiger partial charge on any atom is -0.450 e. The smallest absolute Gasteiger partial charge is 0.367 e. The highest BCUT2D eigenvalue weighted by atomic mass is 16.8. The summed E-state index contributed by atoms with van der Waals surface area (Å²) in [5.41, 5.74) is 0. The number of hydrogen-bond acceptors (Lipinski definition) is 17. The van der Waals surface area contributed by atoms with Crippen molar-refractivity contribution >= 4 is 11.9 Å². The Hall–Kier alpha value is -1.62. The van der Waals surface area contributed by atoms with Gasteiger partial charge < -0.3 is 79.7 Å². The van der Waals surface area contributed by atoms with Gasteiger partial charge in [-0.15, -0.1) is 0 Å². The molecule has 0 aromatic carbocycles. The number of carbonyl (C=O) groups is 2. The highest BCUT2D eigenvalue weighted by Gasteiger charge is 2.64. The largest absolute Gasteiger partial charge is 0.450 e. The average Bonchev–Trinajstić information content (AvgIpc) is 2.94. The molecule has 4 fully saturated rings. The molecule has 1 amide bonds. The minimum absolute atomic E-state index is 0.306. The van der Waals surface area contributed by atoms with Crippen LogP contribution < -0.4 is 5.32 Å². The minimum atomic E-state index is -2.52. The number of aliphatic hydroxyl groups is 9. The first kappa shape index (κ1) is 32.3. The van der Waals surface area contributed by atoms with Crippen molar-refractivity contribution in [2.45, 2.75) is 105 Å². The molecule has 10 N–H and O–H groups in total. The summed E-state index contributed by atoms with van der Waals surface area (Å²) in [4.78, 5) is 25.1. The number of carbonyl (C=O) groups excluding carboxylic acids is 2. The Kier molecular flexibility index (Phi) is 10.2. The van der Waals surface area contributed by atoms with Gasteiger partial charge in [0, 0.05) is 13.3 Å². The molecule has 4 saturated heterocycles. The van der Waals surface area contributed by atoms with Crippen molar-refractivity contribution in [3.63, 3.8) is 0 Å². The number of ether oxygens (including phenoxy) is 6. The lowest BCUT2D eigenvalue weighted by atomic mass is 9.87. The molecule has 0 aliphatic carbocycles. The van der Waals surface area contributed by atoms with E-state index in [-0.39, 0.29) is 6.61 Å². The van der Waals surface area contributed by atoms with Crippen LogP contribution in [0, 0.1) is 0 Å². The fourth-order valence-corrected chi connectivity index (χ4v) is 5.42. The Labute approximate surface area is 232 Å². The van der Waals surface area contributed by atoms with Gasteiger partial charge in [-0.2, -0.15) is 0 Å². The number of rotatable bonds is 8. The van der Waals surface area contributed by atoms with Crippen molar-refractivity contribution < 1.29 is 84.0 Å². The molecule has 4 heterocycles. The Morgan fingerprint density at radius 1 is 1.02 bits per heavy atom. The van der Waals surface area contributed by atoms with E-state index < -0.39 is 129 Å². The molecule has 41 heavy (non-hydrogen) atoms. The van der Waals surface area contributed by atoms with Gasteiger partial charge in [-0.3, -0.25) is 4.79 Å². The molecular formula is C23H37NO17. The third-order valence-electron chi connectivity index (χ3n) is 7.59. The number of hydrogen-bond donors (Lipinski definition) is 10. The maximum Gasteiger partial charge on any atom is 0.367 e. The van der Waals surface area contributed by atoms with Gasteiger partial charge in [0.05, 0.1) is 38.6 Å².